The second kappa shape index (κ2) is 8.41. The first-order valence-electron chi connectivity index (χ1n) is 9.41. The zero-order valence-corrected chi connectivity index (χ0v) is 19.3. The quantitative estimate of drug-likeness (QED) is 0.414. The number of nitrogens with one attached hydrogen (secondary N) is 2. The molecule has 4 rings (SSSR count). The molecular formula is C21H18ClN3O4S2. The third-order valence-electron chi connectivity index (χ3n) is 4.89. The van der Waals surface area contributed by atoms with Crippen LogP contribution in [0.1, 0.15) is 39.0 Å². The zero-order chi connectivity index (χ0) is 22.3. The number of aromatic amines is 1. The van der Waals surface area contributed by atoms with E-state index in [9.17, 15) is 14.4 Å². The summed E-state index contributed by atoms with van der Waals surface area (Å²) in [4.78, 5) is 46.2. The summed E-state index contributed by atoms with van der Waals surface area (Å²) in [7, 11) is 0. The first-order valence-corrected chi connectivity index (χ1v) is 11.4. The summed E-state index contributed by atoms with van der Waals surface area (Å²) < 4.78 is 6.23. The fraction of sp³-hybridized carbons (Fsp3) is 0.238. The van der Waals surface area contributed by atoms with Crippen LogP contribution in [-0.2, 0) is 9.53 Å². The van der Waals surface area contributed by atoms with Crippen molar-refractivity contribution in [2.24, 2.45) is 0 Å². The van der Waals surface area contributed by atoms with Crippen molar-refractivity contribution < 1.29 is 14.3 Å². The van der Waals surface area contributed by atoms with Crippen molar-refractivity contribution in [3.8, 4) is 0 Å². The van der Waals surface area contributed by atoms with Crippen molar-refractivity contribution in [3.63, 3.8) is 0 Å². The number of halogens is 1. The Hall–Kier alpha value is -2.75. The molecule has 2 N–H and O–H groups in total. The molecule has 4 aromatic rings. The standard InChI is InChI=1S/C21H18ClN3O4S2/c1-9-11(3)30-21-15(9)19(27)24-18(25-21)10(2)29-14(26)8-23-20(28)17-16(22)12-6-4-5-7-13(12)31-17/h4-7,10H,8H2,1-3H3,(H,23,28)(H,24,25,27). The van der Waals surface area contributed by atoms with E-state index in [1.807, 2.05) is 38.1 Å². The maximum atomic E-state index is 12.5. The maximum Gasteiger partial charge on any atom is 0.326 e. The third-order valence-corrected chi connectivity index (χ3v) is 7.66. The smallest absolute Gasteiger partial charge is 0.326 e. The molecule has 0 saturated heterocycles. The molecule has 160 valence electrons. The molecule has 3 aromatic heterocycles. The highest BCUT2D eigenvalue weighted by molar-refractivity contribution is 7.21. The van der Waals surface area contributed by atoms with E-state index < -0.39 is 18.0 Å². The number of aromatic nitrogens is 2. The molecule has 1 unspecified atom stereocenters. The van der Waals surface area contributed by atoms with E-state index in [0.29, 0.717) is 20.1 Å². The van der Waals surface area contributed by atoms with Gasteiger partial charge in [0.25, 0.3) is 11.5 Å². The van der Waals surface area contributed by atoms with Crippen molar-refractivity contribution in [2.75, 3.05) is 6.54 Å². The van der Waals surface area contributed by atoms with Gasteiger partial charge in [-0.2, -0.15) is 0 Å². The van der Waals surface area contributed by atoms with E-state index in [2.05, 4.69) is 15.3 Å². The molecule has 0 spiro atoms. The summed E-state index contributed by atoms with van der Waals surface area (Å²) in [5.41, 5.74) is 0.630. The number of amides is 1. The number of fused-ring (bicyclic) bond motifs is 2. The highest BCUT2D eigenvalue weighted by Gasteiger charge is 2.20. The Bertz CT molecular complexity index is 1390. The van der Waals surface area contributed by atoms with Gasteiger partial charge in [-0.15, -0.1) is 22.7 Å². The first-order chi connectivity index (χ1) is 14.8. The number of hydrogen-bond acceptors (Lipinski definition) is 7. The monoisotopic (exact) mass is 475 g/mol. The van der Waals surface area contributed by atoms with Crippen LogP contribution in [0.15, 0.2) is 29.1 Å². The van der Waals surface area contributed by atoms with E-state index >= 15 is 0 Å². The van der Waals surface area contributed by atoms with Crippen LogP contribution in [0.5, 0.6) is 0 Å². The number of hydrogen-bond donors (Lipinski definition) is 2. The molecule has 3 heterocycles. The lowest BCUT2D eigenvalue weighted by Crippen LogP contribution is -2.31. The minimum absolute atomic E-state index is 0.256. The van der Waals surface area contributed by atoms with Crippen LogP contribution in [-0.4, -0.2) is 28.4 Å². The van der Waals surface area contributed by atoms with Crippen LogP contribution in [0, 0.1) is 13.8 Å². The number of H-pyrrole nitrogens is 1. The van der Waals surface area contributed by atoms with Gasteiger partial charge in [-0.1, -0.05) is 29.8 Å². The normalized spacial score (nSPS) is 12.3. The molecule has 0 fully saturated rings. The molecule has 0 bridgehead atoms. The van der Waals surface area contributed by atoms with Gasteiger partial charge in [0.15, 0.2) is 11.9 Å². The van der Waals surface area contributed by atoms with Crippen molar-refractivity contribution >= 4 is 66.5 Å². The molecule has 1 aromatic carbocycles. The Labute approximate surface area is 190 Å². The highest BCUT2D eigenvalue weighted by Crippen LogP contribution is 2.35. The van der Waals surface area contributed by atoms with Crippen LogP contribution in [0.4, 0.5) is 0 Å². The predicted octanol–water partition coefficient (Wildman–Crippen LogP) is 4.50. The number of ether oxygens (including phenoxy) is 1. The van der Waals surface area contributed by atoms with E-state index in [1.165, 1.54) is 22.7 Å². The molecule has 31 heavy (non-hydrogen) atoms. The lowest BCUT2D eigenvalue weighted by Gasteiger charge is -2.13. The minimum Gasteiger partial charge on any atom is -0.453 e. The van der Waals surface area contributed by atoms with Gasteiger partial charge in [0.05, 0.1) is 10.4 Å². The van der Waals surface area contributed by atoms with Crippen LogP contribution in [0.2, 0.25) is 5.02 Å². The molecule has 0 saturated carbocycles. The number of carbonyl (C=O) groups excluding carboxylic acids is 2. The molecule has 0 aliphatic heterocycles. The van der Waals surface area contributed by atoms with Gasteiger partial charge in [-0.05, 0) is 32.4 Å². The molecule has 1 amide bonds. The average Bonchev–Trinajstić information content (AvgIpc) is 3.23. The van der Waals surface area contributed by atoms with Crippen LogP contribution in [0.3, 0.4) is 0 Å². The number of rotatable bonds is 5. The predicted molar refractivity (Wildman–Crippen MR) is 123 cm³/mol. The van der Waals surface area contributed by atoms with E-state index in [1.54, 1.807) is 6.92 Å². The van der Waals surface area contributed by atoms with Crippen LogP contribution in [0.25, 0.3) is 20.3 Å². The Morgan fingerprint density at radius 2 is 2.00 bits per heavy atom. The summed E-state index contributed by atoms with van der Waals surface area (Å²) in [5.74, 6) is -0.848. The second-order valence-electron chi connectivity index (χ2n) is 6.97. The van der Waals surface area contributed by atoms with Crippen LogP contribution >= 0.6 is 34.3 Å². The van der Waals surface area contributed by atoms with Crippen molar-refractivity contribution in [1.29, 1.82) is 0 Å². The van der Waals surface area contributed by atoms with Gasteiger partial charge in [0, 0.05) is 15.0 Å². The summed E-state index contributed by atoms with van der Waals surface area (Å²) in [6.45, 7) is 5.08. The van der Waals surface area contributed by atoms with Gasteiger partial charge in [-0.3, -0.25) is 14.4 Å². The largest absolute Gasteiger partial charge is 0.453 e. The number of benzene rings is 1. The fourth-order valence-corrected chi connectivity index (χ4v) is 5.62. The van der Waals surface area contributed by atoms with Gasteiger partial charge in [-0.25, -0.2) is 4.98 Å². The second-order valence-corrected chi connectivity index (χ2v) is 9.60. The Balaban J connectivity index is 1.42. The number of aryl methyl sites for hydroxylation is 2. The highest BCUT2D eigenvalue weighted by atomic mass is 35.5. The number of esters is 1. The SMILES string of the molecule is Cc1sc2nc(C(C)OC(=O)CNC(=O)c3sc4ccccc4c3Cl)[nH]c(=O)c2c1C. The topological polar surface area (TPSA) is 101 Å². The summed E-state index contributed by atoms with van der Waals surface area (Å²) in [5, 5.41) is 4.23. The third kappa shape index (κ3) is 4.08. The molecule has 0 aliphatic rings. The molecule has 1 atom stereocenters. The van der Waals surface area contributed by atoms with E-state index in [-0.39, 0.29) is 17.9 Å². The maximum absolute atomic E-state index is 12.5. The zero-order valence-electron chi connectivity index (χ0n) is 16.9. The lowest BCUT2D eigenvalue weighted by atomic mass is 10.2. The molecule has 0 aliphatic carbocycles. The number of carbonyl (C=O) groups is 2. The lowest BCUT2D eigenvalue weighted by molar-refractivity contribution is -0.147. The van der Waals surface area contributed by atoms with E-state index in [0.717, 1.165) is 20.5 Å². The minimum atomic E-state index is -0.780. The summed E-state index contributed by atoms with van der Waals surface area (Å²) >= 11 is 8.97. The van der Waals surface area contributed by atoms with Crippen molar-refractivity contribution in [3.05, 3.63) is 60.8 Å². The Morgan fingerprint density at radius 1 is 1.26 bits per heavy atom. The molecule has 7 nitrogen and oxygen atoms in total. The van der Waals surface area contributed by atoms with E-state index in [4.69, 9.17) is 16.3 Å². The van der Waals surface area contributed by atoms with Gasteiger partial charge in [0.2, 0.25) is 0 Å². The first kappa shape index (κ1) is 21.5. The van der Waals surface area contributed by atoms with Crippen molar-refractivity contribution in [2.45, 2.75) is 26.9 Å². The molecule has 10 heteroatoms. The van der Waals surface area contributed by atoms with Gasteiger partial charge >= 0.3 is 5.97 Å². The number of nitrogens with zero attached hydrogens (tertiary/aromatic N) is 1. The fourth-order valence-electron chi connectivity index (χ4n) is 3.15. The summed E-state index contributed by atoms with van der Waals surface area (Å²) in [6, 6.07) is 7.42. The Kier molecular flexibility index (Phi) is 5.83. The molecular weight excluding hydrogens is 458 g/mol. The van der Waals surface area contributed by atoms with Crippen molar-refractivity contribution in [1.82, 2.24) is 15.3 Å². The molecule has 0 radical (unpaired) electrons. The average molecular weight is 476 g/mol. The van der Waals surface area contributed by atoms with Crippen LogP contribution < -0.4 is 10.9 Å². The summed E-state index contributed by atoms with van der Waals surface area (Å²) in [6.07, 6.45) is -0.780. The van der Waals surface area contributed by atoms with Gasteiger partial charge < -0.3 is 15.0 Å². The number of thiophene rings is 2. The van der Waals surface area contributed by atoms with Gasteiger partial charge in [0.1, 0.15) is 16.3 Å². The Morgan fingerprint density at radius 3 is 2.74 bits per heavy atom.